The third-order valence-corrected chi connectivity index (χ3v) is 2.39. The number of hydrogen-bond acceptors (Lipinski definition) is 1. The fourth-order valence-corrected chi connectivity index (χ4v) is 1.62. The molecule has 0 aromatic heterocycles. The molecular formula is C10H18O. The van der Waals surface area contributed by atoms with Crippen molar-refractivity contribution in [1.29, 1.82) is 0 Å². The number of hydrogen-bond donors (Lipinski definition) is 1. The van der Waals surface area contributed by atoms with Gasteiger partial charge in [0.25, 0.3) is 0 Å². The molecule has 1 nitrogen and oxygen atoms in total. The zero-order chi connectivity index (χ0) is 8.10. The van der Waals surface area contributed by atoms with E-state index in [0.29, 0.717) is 0 Å². The summed E-state index contributed by atoms with van der Waals surface area (Å²) in [6, 6.07) is 0. The molecule has 1 fully saturated rings. The van der Waals surface area contributed by atoms with Crippen LogP contribution < -0.4 is 0 Å². The first-order chi connectivity index (χ1) is 5.33. The fraction of sp³-hybridized carbons (Fsp3) is 0.800. The van der Waals surface area contributed by atoms with E-state index >= 15 is 0 Å². The lowest BCUT2D eigenvalue weighted by molar-refractivity contribution is 0.118. The normalized spacial score (nSPS) is 32.9. The van der Waals surface area contributed by atoms with Gasteiger partial charge in [0.1, 0.15) is 0 Å². The highest BCUT2D eigenvalue weighted by molar-refractivity contribution is 4.90. The van der Waals surface area contributed by atoms with Crippen molar-refractivity contribution in [3.8, 4) is 0 Å². The van der Waals surface area contributed by atoms with Crippen LogP contribution in [-0.4, -0.2) is 11.2 Å². The Bertz CT molecular complexity index is 121. The number of aliphatic hydroxyl groups excluding tert-OH is 1. The van der Waals surface area contributed by atoms with Gasteiger partial charge in [-0.15, -0.1) is 0 Å². The molecule has 0 aromatic carbocycles. The van der Waals surface area contributed by atoms with E-state index in [-0.39, 0.29) is 6.10 Å². The van der Waals surface area contributed by atoms with Crippen molar-refractivity contribution in [2.45, 2.75) is 45.1 Å². The van der Waals surface area contributed by atoms with Crippen molar-refractivity contribution in [2.75, 3.05) is 0 Å². The van der Waals surface area contributed by atoms with E-state index in [0.717, 1.165) is 25.2 Å². The second kappa shape index (κ2) is 4.55. The summed E-state index contributed by atoms with van der Waals surface area (Å²) in [6.07, 6.45) is 10.0. The van der Waals surface area contributed by atoms with Crippen molar-refractivity contribution < 1.29 is 5.11 Å². The molecule has 11 heavy (non-hydrogen) atoms. The topological polar surface area (TPSA) is 20.2 Å². The Kier molecular flexibility index (Phi) is 3.64. The lowest BCUT2D eigenvalue weighted by Gasteiger charge is -2.22. The zero-order valence-electron chi connectivity index (χ0n) is 7.29. The van der Waals surface area contributed by atoms with Gasteiger partial charge in [0.15, 0.2) is 0 Å². The smallest absolute Gasteiger partial charge is 0.0540 e. The molecule has 0 spiro atoms. The van der Waals surface area contributed by atoms with Gasteiger partial charge in [-0.1, -0.05) is 19.1 Å². The molecule has 1 aliphatic rings. The van der Waals surface area contributed by atoms with Gasteiger partial charge in [0, 0.05) is 0 Å². The Labute approximate surface area is 69.1 Å². The average Bonchev–Trinajstić information content (AvgIpc) is 2.04. The predicted molar refractivity (Wildman–Crippen MR) is 47.4 cm³/mol. The number of allylic oxidation sites excluding steroid dienone is 2. The minimum absolute atomic E-state index is 0.0127. The monoisotopic (exact) mass is 154 g/mol. The average molecular weight is 154 g/mol. The van der Waals surface area contributed by atoms with E-state index < -0.39 is 0 Å². The zero-order valence-corrected chi connectivity index (χ0v) is 7.29. The highest BCUT2D eigenvalue weighted by Gasteiger charge is 2.16. The summed E-state index contributed by atoms with van der Waals surface area (Å²) >= 11 is 0. The van der Waals surface area contributed by atoms with Crippen LogP contribution in [0.15, 0.2) is 12.2 Å². The molecule has 0 unspecified atom stereocenters. The van der Waals surface area contributed by atoms with E-state index in [2.05, 4.69) is 19.1 Å². The minimum atomic E-state index is -0.0127. The Morgan fingerprint density at radius 2 is 1.91 bits per heavy atom. The first-order valence-corrected chi connectivity index (χ1v) is 4.67. The van der Waals surface area contributed by atoms with Gasteiger partial charge in [-0.25, -0.2) is 0 Å². The molecular weight excluding hydrogens is 136 g/mol. The van der Waals surface area contributed by atoms with Crippen molar-refractivity contribution in [2.24, 2.45) is 5.92 Å². The molecule has 0 aromatic rings. The molecule has 0 heterocycles. The summed E-state index contributed by atoms with van der Waals surface area (Å²) < 4.78 is 0. The summed E-state index contributed by atoms with van der Waals surface area (Å²) in [5, 5.41) is 9.23. The molecule has 0 aliphatic heterocycles. The van der Waals surface area contributed by atoms with Crippen LogP contribution in [0.4, 0.5) is 0 Å². The maximum atomic E-state index is 9.23. The molecule has 1 rings (SSSR count). The van der Waals surface area contributed by atoms with Gasteiger partial charge < -0.3 is 5.11 Å². The summed E-state index contributed by atoms with van der Waals surface area (Å²) in [6.45, 7) is 2.16. The first kappa shape index (κ1) is 8.79. The first-order valence-electron chi connectivity index (χ1n) is 4.67. The molecule has 1 saturated carbocycles. The Hall–Kier alpha value is -0.300. The lowest BCUT2D eigenvalue weighted by atomic mass is 9.87. The van der Waals surface area contributed by atoms with Gasteiger partial charge >= 0.3 is 0 Å². The predicted octanol–water partition coefficient (Wildman–Crippen LogP) is 2.50. The summed E-state index contributed by atoms with van der Waals surface area (Å²) in [7, 11) is 0. The van der Waals surface area contributed by atoms with E-state index in [4.69, 9.17) is 0 Å². The van der Waals surface area contributed by atoms with Gasteiger partial charge in [-0.2, -0.15) is 0 Å². The van der Waals surface area contributed by atoms with Crippen LogP contribution in [0.1, 0.15) is 39.0 Å². The molecule has 0 atom stereocenters. The van der Waals surface area contributed by atoms with Gasteiger partial charge in [0.05, 0.1) is 6.10 Å². The van der Waals surface area contributed by atoms with Crippen LogP contribution in [0.2, 0.25) is 0 Å². The van der Waals surface area contributed by atoms with Crippen LogP contribution in [0, 0.1) is 5.92 Å². The molecule has 0 amide bonds. The minimum Gasteiger partial charge on any atom is -0.393 e. The van der Waals surface area contributed by atoms with Gasteiger partial charge in [0.2, 0.25) is 0 Å². The SMILES string of the molecule is CC/C=C/[C@H]1CC[C@H](O)CC1. The quantitative estimate of drug-likeness (QED) is 0.606. The van der Waals surface area contributed by atoms with E-state index in [9.17, 15) is 5.11 Å². The Balaban J connectivity index is 2.22. The second-order valence-electron chi connectivity index (χ2n) is 3.41. The van der Waals surface area contributed by atoms with Crippen molar-refractivity contribution >= 4 is 0 Å². The van der Waals surface area contributed by atoms with Crippen LogP contribution >= 0.6 is 0 Å². The number of aliphatic hydroxyl groups is 1. The summed E-state index contributed by atoms with van der Waals surface area (Å²) in [5.41, 5.74) is 0. The fourth-order valence-electron chi connectivity index (χ4n) is 1.62. The van der Waals surface area contributed by atoms with E-state index in [1.807, 2.05) is 0 Å². The van der Waals surface area contributed by atoms with Crippen molar-refractivity contribution in [3.63, 3.8) is 0 Å². The third kappa shape index (κ3) is 3.06. The van der Waals surface area contributed by atoms with Crippen LogP contribution in [0.25, 0.3) is 0 Å². The molecule has 1 aliphatic carbocycles. The number of rotatable bonds is 2. The standard InChI is InChI=1S/C10H18O/c1-2-3-4-9-5-7-10(11)8-6-9/h3-4,9-11H,2,5-8H2,1H3/b4-3+/t9-,10-. The maximum absolute atomic E-state index is 9.23. The second-order valence-corrected chi connectivity index (χ2v) is 3.41. The van der Waals surface area contributed by atoms with Crippen LogP contribution in [-0.2, 0) is 0 Å². The highest BCUT2D eigenvalue weighted by Crippen LogP contribution is 2.24. The molecule has 1 N–H and O–H groups in total. The highest BCUT2D eigenvalue weighted by atomic mass is 16.3. The molecule has 0 radical (unpaired) electrons. The van der Waals surface area contributed by atoms with E-state index in [1.54, 1.807) is 0 Å². The Morgan fingerprint density at radius 3 is 2.45 bits per heavy atom. The molecule has 1 heteroatoms. The largest absolute Gasteiger partial charge is 0.393 e. The molecule has 64 valence electrons. The Morgan fingerprint density at radius 1 is 1.27 bits per heavy atom. The van der Waals surface area contributed by atoms with Crippen LogP contribution in [0.5, 0.6) is 0 Å². The maximum Gasteiger partial charge on any atom is 0.0540 e. The molecule has 0 saturated heterocycles. The van der Waals surface area contributed by atoms with E-state index in [1.165, 1.54) is 12.8 Å². The summed E-state index contributed by atoms with van der Waals surface area (Å²) in [4.78, 5) is 0. The van der Waals surface area contributed by atoms with Crippen LogP contribution in [0.3, 0.4) is 0 Å². The van der Waals surface area contributed by atoms with Gasteiger partial charge in [-0.3, -0.25) is 0 Å². The van der Waals surface area contributed by atoms with Gasteiger partial charge in [-0.05, 0) is 38.0 Å². The van der Waals surface area contributed by atoms with Crippen molar-refractivity contribution in [1.82, 2.24) is 0 Å². The molecule has 0 bridgehead atoms. The third-order valence-electron chi connectivity index (χ3n) is 2.39. The van der Waals surface area contributed by atoms with Crippen molar-refractivity contribution in [3.05, 3.63) is 12.2 Å². The summed E-state index contributed by atoms with van der Waals surface area (Å²) in [5.74, 6) is 0.748. The lowest BCUT2D eigenvalue weighted by Crippen LogP contribution is -2.16.